The van der Waals surface area contributed by atoms with Gasteiger partial charge in [-0.25, -0.2) is 0 Å². The van der Waals surface area contributed by atoms with Crippen LogP contribution in [0.1, 0.15) is 0 Å². The van der Waals surface area contributed by atoms with Crippen molar-refractivity contribution in [1.82, 2.24) is 5.06 Å². The number of carbonyl (C=O) groups excluding carboxylic acids is 1. The summed E-state index contributed by atoms with van der Waals surface area (Å²) in [6, 6.07) is 0. The Hall–Kier alpha value is -0.566. The van der Waals surface area contributed by atoms with Crippen LogP contribution in [-0.2, 0) is 25.1 Å². The molecule has 59 valence electrons. The van der Waals surface area contributed by atoms with E-state index in [0.29, 0.717) is 13.1 Å². The van der Waals surface area contributed by atoms with E-state index in [4.69, 9.17) is 4.84 Å². The molecule has 0 aromatic carbocycles. The van der Waals surface area contributed by atoms with Crippen LogP contribution in [0.4, 0.5) is 0 Å². The van der Waals surface area contributed by atoms with Gasteiger partial charge in [-0.05, 0) is 0 Å². The molecule has 5 heteroatoms. The van der Waals surface area contributed by atoms with Crippen molar-refractivity contribution in [3.63, 3.8) is 0 Å². The number of nitrogens with zero attached hydrogens (tertiary/aromatic N) is 2. The first-order valence-electron chi connectivity index (χ1n) is 2.82. The minimum absolute atomic E-state index is 0.0321. The summed E-state index contributed by atoms with van der Waals surface area (Å²) >= 11 is 4.19. The Morgan fingerprint density at radius 2 is 2.70 bits per heavy atom. The number of carbonyl (C=O) groups is 1. The van der Waals surface area contributed by atoms with Crippen LogP contribution in [0.3, 0.4) is 0 Å². The second-order valence-electron chi connectivity index (χ2n) is 1.74. The molecule has 1 aliphatic rings. The van der Waals surface area contributed by atoms with E-state index in [1.54, 1.807) is 0 Å². The van der Waals surface area contributed by atoms with Gasteiger partial charge in [0.05, 0.1) is 0 Å². The molecule has 0 amide bonds. The first-order chi connectivity index (χ1) is 4.83. The van der Waals surface area contributed by atoms with Gasteiger partial charge in [0.15, 0.2) is 0 Å². The van der Waals surface area contributed by atoms with Crippen molar-refractivity contribution < 1.29 is 25.1 Å². The van der Waals surface area contributed by atoms with Crippen LogP contribution in [0.2, 0.25) is 5.39 Å². The molecule has 4 nitrogen and oxygen atoms in total. The number of rotatable bonds is 2. The summed E-state index contributed by atoms with van der Waals surface area (Å²) in [6.45, 7) is 1.33. The molecule has 0 aromatic heterocycles. The van der Waals surface area contributed by atoms with Crippen molar-refractivity contribution in [2.45, 2.75) is 5.39 Å². The van der Waals surface area contributed by atoms with Crippen LogP contribution in [0.15, 0.2) is 4.99 Å². The van der Waals surface area contributed by atoms with E-state index < -0.39 is 0 Å². The molecule has 0 aliphatic carbocycles. The first kappa shape index (κ1) is 7.54. The molecule has 0 atom stereocenters. The molecule has 0 spiro atoms. The molecule has 0 saturated heterocycles. The van der Waals surface area contributed by atoms with E-state index in [2.05, 4.69) is 20.5 Å². The molecule has 10 heavy (non-hydrogen) atoms. The molecular weight excluding hydrogens is 179 g/mol. The number of hydroxylamine groups is 2. The zero-order valence-electron chi connectivity index (χ0n) is 5.23. The van der Waals surface area contributed by atoms with Gasteiger partial charge < -0.3 is 0 Å². The van der Waals surface area contributed by atoms with Crippen molar-refractivity contribution in [2.24, 2.45) is 4.99 Å². The van der Waals surface area contributed by atoms with E-state index >= 15 is 0 Å². The Bertz CT molecular complexity index is 160. The minimum atomic E-state index is -0.381. The topological polar surface area (TPSA) is 41.9 Å². The Balaban J connectivity index is 2.24. The van der Waals surface area contributed by atoms with Crippen LogP contribution in [0.25, 0.3) is 0 Å². The van der Waals surface area contributed by atoms with Gasteiger partial charge >= 0.3 is 65.9 Å². The summed E-state index contributed by atoms with van der Waals surface area (Å²) < 4.78 is 0. The van der Waals surface area contributed by atoms with E-state index in [1.807, 2.05) is 0 Å². The van der Waals surface area contributed by atoms with E-state index in [-0.39, 0.29) is 11.4 Å². The Labute approximate surface area is 66.6 Å². The normalized spacial score (nSPS) is 16.0. The molecule has 0 bridgehead atoms. The van der Waals surface area contributed by atoms with Gasteiger partial charge in [-0.3, -0.25) is 0 Å². The van der Waals surface area contributed by atoms with Crippen LogP contribution >= 0.6 is 0 Å². The van der Waals surface area contributed by atoms with E-state index in [1.165, 1.54) is 11.4 Å². The Morgan fingerprint density at radius 1 is 1.90 bits per heavy atom. The average Bonchev–Trinajstić information content (AvgIpc) is 2.40. The summed E-state index contributed by atoms with van der Waals surface area (Å²) in [5, 5.41) is 1.42. The molecule has 0 fully saturated rings. The van der Waals surface area contributed by atoms with Crippen molar-refractivity contribution in [1.29, 1.82) is 0 Å². The SMILES string of the molecule is O=C([CH2][Ni])ON1C=NCC1. The standard InChI is InChI=1S/C5H7N2O2.Ni/c1-5(8)9-7-3-2-6-4-7;/h4H,1-3H2;. The second-order valence-corrected chi connectivity index (χ2v) is 2.09. The molecule has 1 rings (SSSR count). The monoisotopic (exact) mass is 185 g/mol. The fraction of sp³-hybridized carbons (Fsp3) is 0.600. The fourth-order valence-corrected chi connectivity index (χ4v) is 0.647. The van der Waals surface area contributed by atoms with Crippen LogP contribution in [0.5, 0.6) is 0 Å². The van der Waals surface area contributed by atoms with Gasteiger partial charge in [-0.1, -0.05) is 0 Å². The first-order valence-corrected chi connectivity index (χ1v) is 3.52. The van der Waals surface area contributed by atoms with Crippen molar-refractivity contribution in [3.8, 4) is 0 Å². The van der Waals surface area contributed by atoms with E-state index in [9.17, 15) is 4.79 Å². The third kappa shape index (κ3) is 1.99. The molecule has 1 heterocycles. The molecule has 1 aliphatic heterocycles. The molecule has 0 unspecified atom stereocenters. The molecule has 0 saturated carbocycles. The average molecular weight is 186 g/mol. The fourth-order valence-electron chi connectivity index (χ4n) is 0.583. The molecule has 0 radical (unpaired) electrons. The third-order valence-electron chi connectivity index (χ3n) is 0.970. The van der Waals surface area contributed by atoms with Crippen LogP contribution in [-0.4, -0.2) is 30.5 Å². The summed E-state index contributed by atoms with van der Waals surface area (Å²) in [5.41, 5.74) is 0. The van der Waals surface area contributed by atoms with Crippen LogP contribution < -0.4 is 0 Å². The molecule has 0 N–H and O–H groups in total. The number of hydrogen-bond acceptors (Lipinski definition) is 4. The molecular formula is C5H7N2NiO2. The summed E-state index contributed by atoms with van der Waals surface area (Å²) in [4.78, 5) is 19.1. The van der Waals surface area contributed by atoms with Gasteiger partial charge in [-0.15, -0.1) is 0 Å². The zero-order valence-corrected chi connectivity index (χ0v) is 6.21. The van der Waals surface area contributed by atoms with Gasteiger partial charge in [0.25, 0.3) is 0 Å². The number of hydrogen-bond donors (Lipinski definition) is 0. The van der Waals surface area contributed by atoms with Crippen molar-refractivity contribution >= 4 is 12.3 Å². The zero-order chi connectivity index (χ0) is 7.40. The summed E-state index contributed by atoms with van der Waals surface area (Å²) in [5.74, 6) is -0.381. The van der Waals surface area contributed by atoms with Crippen LogP contribution in [0, 0.1) is 0 Å². The summed E-state index contributed by atoms with van der Waals surface area (Å²) in [6.07, 6.45) is 1.49. The maximum atomic E-state index is 10.5. The Kier molecular flexibility index (Phi) is 2.69. The second kappa shape index (κ2) is 3.56. The van der Waals surface area contributed by atoms with Gasteiger partial charge in [0.2, 0.25) is 0 Å². The summed E-state index contributed by atoms with van der Waals surface area (Å²) in [7, 11) is 0. The van der Waals surface area contributed by atoms with Gasteiger partial charge in [0.1, 0.15) is 0 Å². The van der Waals surface area contributed by atoms with Crippen molar-refractivity contribution in [3.05, 3.63) is 0 Å². The van der Waals surface area contributed by atoms with Gasteiger partial charge in [0, 0.05) is 0 Å². The van der Waals surface area contributed by atoms with Crippen molar-refractivity contribution in [2.75, 3.05) is 13.1 Å². The third-order valence-corrected chi connectivity index (χ3v) is 1.26. The quantitative estimate of drug-likeness (QED) is 0.558. The predicted octanol–water partition coefficient (Wildman–Crippen LogP) is -0.246. The molecule has 0 aromatic rings. The maximum absolute atomic E-state index is 10.5. The Morgan fingerprint density at radius 3 is 3.20 bits per heavy atom. The van der Waals surface area contributed by atoms with Gasteiger partial charge in [-0.2, -0.15) is 0 Å². The number of aliphatic imine (C=N–C) groups is 1. The predicted molar refractivity (Wildman–Crippen MR) is 31.0 cm³/mol. The van der Waals surface area contributed by atoms with E-state index in [0.717, 1.165) is 0 Å².